The van der Waals surface area contributed by atoms with Crippen molar-refractivity contribution in [2.75, 3.05) is 19.6 Å². The number of hydrogen-bond acceptors (Lipinski definition) is 1. The van der Waals surface area contributed by atoms with Crippen molar-refractivity contribution in [1.29, 1.82) is 0 Å². The van der Waals surface area contributed by atoms with Crippen LogP contribution in [0.4, 0.5) is 4.79 Å². The molecule has 1 aliphatic heterocycles. The molecule has 2 amide bonds. The fourth-order valence-electron chi connectivity index (χ4n) is 2.45. The number of rotatable bonds is 7. The molecular weight excluding hydrogens is 248 g/mol. The summed E-state index contributed by atoms with van der Waals surface area (Å²) in [5, 5.41) is 3.04. The minimum atomic E-state index is 0.127. The lowest BCUT2D eigenvalue weighted by atomic mass is 10.1. The molecule has 1 heterocycles. The van der Waals surface area contributed by atoms with Crippen LogP contribution >= 0.6 is 0 Å². The highest BCUT2D eigenvalue weighted by Gasteiger charge is 2.15. The second kappa shape index (κ2) is 10.5. The molecular formula is C17H30N2O. The lowest BCUT2D eigenvalue weighted by Gasteiger charge is -2.26. The SMILES string of the molecule is C/C=C(\C=C/CC)CCCCNC(=O)N1CCCCC1. The normalized spacial score (nSPS) is 16.7. The number of nitrogens with zero attached hydrogens (tertiary/aromatic N) is 1. The van der Waals surface area contributed by atoms with Gasteiger partial charge in [-0.05, 0) is 51.9 Å². The molecule has 3 heteroatoms. The number of carbonyl (C=O) groups excluding carboxylic acids is 1. The predicted octanol–water partition coefficient (Wildman–Crippen LogP) is 4.26. The van der Waals surface area contributed by atoms with Crippen LogP contribution in [0.2, 0.25) is 0 Å². The zero-order chi connectivity index (χ0) is 14.6. The maximum Gasteiger partial charge on any atom is 0.317 e. The van der Waals surface area contributed by atoms with Crippen molar-refractivity contribution in [3.8, 4) is 0 Å². The first-order valence-electron chi connectivity index (χ1n) is 8.12. The molecule has 114 valence electrons. The van der Waals surface area contributed by atoms with Gasteiger partial charge >= 0.3 is 6.03 Å². The molecule has 0 aliphatic carbocycles. The van der Waals surface area contributed by atoms with Crippen LogP contribution in [0, 0.1) is 0 Å². The van der Waals surface area contributed by atoms with E-state index >= 15 is 0 Å². The Morgan fingerprint density at radius 1 is 1.20 bits per heavy atom. The third-order valence-corrected chi connectivity index (χ3v) is 3.75. The molecule has 0 spiro atoms. The molecule has 0 saturated carbocycles. The van der Waals surface area contributed by atoms with Gasteiger partial charge in [-0.1, -0.05) is 30.7 Å². The van der Waals surface area contributed by atoms with Crippen molar-refractivity contribution < 1.29 is 4.79 Å². The van der Waals surface area contributed by atoms with Crippen LogP contribution in [-0.2, 0) is 0 Å². The summed E-state index contributed by atoms with van der Waals surface area (Å²) < 4.78 is 0. The molecule has 0 aromatic rings. The molecule has 1 saturated heterocycles. The maximum atomic E-state index is 11.9. The average molecular weight is 278 g/mol. The van der Waals surface area contributed by atoms with Crippen LogP contribution in [0.5, 0.6) is 0 Å². The molecule has 1 N–H and O–H groups in total. The molecule has 1 rings (SSSR count). The number of piperidine rings is 1. The number of allylic oxidation sites excluding steroid dienone is 4. The summed E-state index contributed by atoms with van der Waals surface area (Å²) in [5.74, 6) is 0. The first-order valence-corrected chi connectivity index (χ1v) is 8.12. The van der Waals surface area contributed by atoms with E-state index in [0.717, 1.165) is 58.2 Å². The summed E-state index contributed by atoms with van der Waals surface area (Å²) in [6.07, 6.45) is 14.5. The van der Waals surface area contributed by atoms with Gasteiger partial charge in [-0.2, -0.15) is 0 Å². The molecule has 1 fully saturated rings. The molecule has 3 nitrogen and oxygen atoms in total. The molecule has 0 unspecified atom stereocenters. The van der Waals surface area contributed by atoms with Gasteiger partial charge in [-0.15, -0.1) is 0 Å². The Bertz CT molecular complexity index is 328. The molecule has 0 bridgehead atoms. The standard InChI is InChI=1S/C17H30N2O/c1-3-5-11-16(4-2)12-7-8-13-18-17(20)19-14-9-6-10-15-19/h4-5,11H,3,6-10,12-15H2,1-2H3,(H,18,20)/b11-5-,16-4+. The highest BCUT2D eigenvalue weighted by molar-refractivity contribution is 5.74. The van der Waals surface area contributed by atoms with Gasteiger partial charge < -0.3 is 10.2 Å². The molecule has 20 heavy (non-hydrogen) atoms. The van der Waals surface area contributed by atoms with E-state index in [4.69, 9.17) is 0 Å². The Hall–Kier alpha value is -1.25. The lowest BCUT2D eigenvalue weighted by Crippen LogP contribution is -2.43. The Balaban J connectivity index is 2.09. The van der Waals surface area contributed by atoms with Crippen molar-refractivity contribution in [2.45, 2.75) is 58.8 Å². The Morgan fingerprint density at radius 2 is 1.95 bits per heavy atom. The minimum absolute atomic E-state index is 0.127. The topological polar surface area (TPSA) is 32.3 Å². The third-order valence-electron chi connectivity index (χ3n) is 3.75. The molecule has 0 radical (unpaired) electrons. The van der Waals surface area contributed by atoms with E-state index in [-0.39, 0.29) is 6.03 Å². The summed E-state index contributed by atoms with van der Waals surface area (Å²) in [5.41, 5.74) is 1.40. The Labute approximate surface area is 124 Å². The molecule has 1 aliphatic rings. The van der Waals surface area contributed by atoms with E-state index in [9.17, 15) is 4.79 Å². The largest absolute Gasteiger partial charge is 0.338 e. The van der Waals surface area contributed by atoms with E-state index in [0.29, 0.717) is 0 Å². The summed E-state index contributed by atoms with van der Waals surface area (Å²) in [6.45, 7) is 6.89. The zero-order valence-electron chi connectivity index (χ0n) is 13.2. The zero-order valence-corrected chi connectivity index (χ0v) is 13.2. The van der Waals surface area contributed by atoms with Crippen LogP contribution in [0.3, 0.4) is 0 Å². The number of amides is 2. The number of nitrogens with one attached hydrogen (secondary N) is 1. The maximum absolute atomic E-state index is 11.9. The quantitative estimate of drug-likeness (QED) is 0.547. The van der Waals surface area contributed by atoms with Gasteiger partial charge in [0.15, 0.2) is 0 Å². The molecule has 0 aromatic heterocycles. The molecule has 0 atom stereocenters. The Morgan fingerprint density at radius 3 is 2.60 bits per heavy atom. The fourth-order valence-corrected chi connectivity index (χ4v) is 2.45. The van der Waals surface area contributed by atoms with Gasteiger partial charge in [-0.3, -0.25) is 0 Å². The second-order valence-corrected chi connectivity index (χ2v) is 5.41. The number of likely N-dealkylation sites (tertiary alicyclic amines) is 1. The van der Waals surface area contributed by atoms with E-state index in [1.54, 1.807) is 0 Å². The van der Waals surface area contributed by atoms with Gasteiger partial charge in [0.05, 0.1) is 0 Å². The van der Waals surface area contributed by atoms with Crippen LogP contribution in [-0.4, -0.2) is 30.6 Å². The van der Waals surface area contributed by atoms with E-state index in [2.05, 4.69) is 37.4 Å². The first-order chi connectivity index (χ1) is 9.77. The van der Waals surface area contributed by atoms with Crippen LogP contribution in [0.25, 0.3) is 0 Å². The number of carbonyl (C=O) groups is 1. The molecule has 0 aromatic carbocycles. The fraction of sp³-hybridized carbons (Fsp3) is 0.706. The average Bonchev–Trinajstić information content (AvgIpc) is 2.50. The summed E-state index contributed by atoms with van der Waals surface area (Å²) >= 11 is 0. The van der Waals surface area contributed by atoms with E-state index in [1.165, 1.54) is 12.0 Å². The van der Waals surface area contributed by atoms with Gasteiger partial charge in [-0.25, -0.2) is 4.79 Å². The van der Waals surface area contributed by atoms with Gasteiger partial charge in [0.2, 0.25) is 0 Å². The second-order valence-electron chi connectivity index (χ2n) is 5.41. The van der Waals surface area contributed by atoms with Crippen molar-refractivity contribution >= 4 is 6.03 Å². The number of unbranched alkanes of at least 4 members (excludes halogenated alkanes) is 1. The lowest BCUT2D eigenvalue weighted by molar-refractivity contribution is 0.186. The third kappa shape index (κ3) is 6.78. The first kappa shape index (κ1) is 16.8. The number of hydrogen-bond donors (Lipinski definition) is 1. The smallest absolute Gasteiger partial charge is 0.317 e. The van der Waals surface area contributed by atoms with E-state index < -0.39 is 0 Å². The summed E-state index contributed by atoms with van der Waals surface area (Å²) in [7, 11) is 0. The van der Waals surface area contributed by atoms with Gasteiger partial charge in [0, 0.05) is 19.6 Å². The number of urea groups is 1. The van der Waals surface area contributed by atoms with Crippen molar-refractivity contribution in [3.05, 3.63) is 23.8 Å². The van der Waals surface area contributed by atoms with Crippen LogP contribution in [0.1, 0.15) is 58.8 Å². The highest BCUT2D eigenvalue weighted by Crippen LogP contribution is 2.10. The van der Waals surface area contributed by atoms with Gasteiger partial charge in [0.1, 0.15) is 0 Å². The van der Waals surface area contributed by atoms with Gasteiger partial charge in [0.25, 0.3) is 0 Å². The predicted molar refractivity (Wildman–Crippen MR) is 85.9 cm³/mol. The van der Waals surface area contributed by atoms with Crippen molar-refractivity contribution in [1.82, 2.24) is 10.2 Å². The summed E-state index contributed by atoms with van der Waals surface area (Å²) in [6, 6.07) is 0.127. The van der Waals surface area contributed by atoms with E-state index in [1.807, 2.05) is 4.90 Å². The van der Waals surface area contributed by atoms with Crippen molar-refractivity contribution in [2.24, 2.45) is 0 Å². The monoisotopic (exact) mass is 278 g/mol. The van der Waals surface area contributed by atoms with Crippen molar-refractivity contribution in [3.63, 3.8) is 0 Å². The van der Waals surface area contributed by atoms with Crippen LogP contribution in [0.15, 0.2) is 23.8 Å². The minimum Gasteiger partial charge on any atom is -0.338 e. The Kier molecular flexibility index (Phi) is 8.84. The highest BCUT2D eigenvalue weighted by atomic mass is 16.2. The van der Waals surface area contributed by atoms with Crippen LogP contribution < -0.4 is 5.32 Å². The summed E-state index contributed by atoms with van der Waals surface area (Å²) in [4.78, 5) is 13.8.